The van der Waals surface area contributed by atoms with Crippen molar-refractivity contribution in [3.05, 3.63) is 66.5 Å². The Hall–Kier alpha value is -2.34. The van der Waals surface area contributed by atoms with Gasteiger partial charge in [0.05, 0.1) is 24.2 Å². The number of ether oxygens (including phenoxy) is 1. The van der Waals surface area contributed by atoms with Crippen molar-refractivity contribution in [3.63, 3.8) is 0 Å². The zero-order valence-corrected chi connectivity index (χ0v) is 13.8. The molecule has 2 aromatic carbocycles. The number of benzene rings is 2. The summed E-state index contributed by atoms with van der Waals surface area (Å²) in [5.74, 6) is 0.0997. The van der Waals surface area contributed by atoms with Crippen LogP contribution in [0.2, 0.25) is 0 Å². The first-order valence-corrected chi connectivity index (χ1v) is 8.38. The van der Waals surface area contributed by atoms with Crippen molar-refractivity contribution in [2.75, 3.05) is 18.0 Å². The van der Waals surface area contributed by atoms with E-state index in [1.54, 1.807) is 19.1 Å². The van der Waals surface area contributed by atoms with E-state index in [4.69, 9.17) is 4.74 Å². The van der Waals surface area contributed by atoms with Gasteiger partial charge in [0.1, 0.15) is 11.6 Å². The molecule has 2 aromatic rings. The highest BCUT2D eigenvalue weighted by Crippen LogP contribution is 2.27. The highest BCUT2D eigenvalue weighted by atomic mass is 32.2. The van der Waals surface area contributed by atoms with Gasteiger partial charge in [-0.3, -0.25) is 4.31 Å². The molecule has 0 amide bonds. The summed E-state index contributed by atoms with van der Waals surface area (Å²) in [6, 6.07) is 10.0. The van der Waals surface area contributed by atoms with Gasteiger partial charge in [0, 0.05) is 0 Å². The van der Waals surface area contributed by atoms with E-state index in [-0.39, 0.29) is 17.1 Å². The Kier molecular flexibility index (Phi) is 5.05. The zero-order valence-electron chi connectivity index (χ0n) is 13.0. The van der Waals surface area contributed by atoms with Crippen molar-refractivity contribution in [1.82, 2.24) is 0 Å². The van der Waals surface area contributed by atoms with Gasteiger partial charge in [-0.25, -0.2) is 12.8 Å². The first kappa shape index (κ1) is 17.0. The Labute approximate surface area is 135 Å². The van der Waals surface area contributed by atoms with Crippen LogP contribution in [0.5, 0.6) is 5.75 Å². The molecule has 0 bridgehead atoms. The molecule has 0 unspecified atom stereocenters. The Morgan fingerprint density at radius 1 is 1.26 bits per heavy atom. The van der Waals surface area contributed by atoms with Crippen LogP contribution in [-0.4, -0.2) is 22.1 Å². The molecule has 0 heterocycles. The number of rotatable bonds is 6. The van der Waals surface area contributed by atoms with Crippen molar-refractivity contribution in [1.29, 1.82) is 0 Å². The summed E-state index contributed by atoms with van der Waals surface area (Å²) in [6.07, 6.45) is 1.46. The molecule has 0 aromatic heterocycles. The van der Waals surface area contributed by atoms with E-state index in [0.29, 0.717) is 11.3 Å². The van der Waals surface area contributed by atoms with Crippen LogP contribution < -0.4 is 9.04 Å². The smallest absolute Gasteiger partial charge is 0.264 e. The number of hydrogen-bond donors (Lipinski definition) is 0. The SMILES string of the molecule is C=CCN(c1cccc(F)c1)S(=O)(=O)c1ccc(OC)c(C)c1. The van der Waals surface area contributed by atoms with E-state index < -0.39 is 15.8 Å². The first-order valence-electron chi connectivity index (χ1n) is 6.94. The maximum atomic E-state index is 13.5. The van der Waals surface area contributed by atoms with E-state index >= 15 is 0 Å². The molecule has 0 atom stereocenters. The van der Waals surface area contributed by atoms with Crippen LogP contribution >= 0.6 is 0 Å². The largest absolute Gasteiger partial charge is 0.496 e. The lowest BCUT2D eigenvalue weighted by molar-refractivity contribution is 0.411. The highest BCUT2D eigenvalue weighted by molar-refractivity contribution is 7.92. The predicted octanol–water partition coefficient (Wildman–Crippen LogP) is 3.52. The van der Waals surface area contributed by atoms with Crippen LogP contribution in [0.1, 0.15) is 5.56 Å². The second kappa shape index (κ2) is 6.83. The summed E-state index contributed by atoms with van der Waals surface area (Å²) in [5.41, 5.74) is 0.949. The van der Waals surface area contributed by atoms with E-state index in [1.807, 2.05) is 0 Å². The molecule has 0 spiro atoms. The van der Waals surface area contributed by atoms with Crippen LogP contribution in [0.25, 0.3) is 0 Å². The van der Waals surface area contributed by atoms with Crippen LogP contribution in [0.4, 0.5) is 10.1 Å². The maximum Gasteiger partial charge on any atom is 0.264 e. The minimum atomic E-state index is -3.84. The molecule has 0 saturated heterocycles. The quantitative estimate of drug-likeness (QED) is 0.759. The Bertz CT molecular complexity index is 818. The number of anilines is 1. The van der Waals surface area contributed by atoms with Gasteiger partial charge in [0.25, 0.3) is 10.0 Å². The Morgan fingerprint density at radius 3 is 2.57 bits per heavy atom. The fourth-order valence-corrected chi connectivity index (χ4v) is 3.74. The van der Waals surface area contributed by atoms with Gasteiger partial charge in [-0.2, -0.15) is 0 Å². The number of hydrogen-bond acceptors (Lipinski definition) is 3. The van der Waals surface area contributed by atoms with Gasteiger partial charge >= 0.3 is 0 Å². The van der Waals surface area contributed by atoms with Crippen LogP contribution in [0, 0.1) is 12.7 Å². The first-order chi connectivity index (χ1) is 10.9. The number of sulfonamides is 1. The van der Waals surface area contributed by atoms with Gasteiger partial charge in [-0.05, 0) is 48.9 Å². The highest BCUT2D eigenvalue weighted by Gasteiger charge is 2.25. The number of nitrogens with zero attached hydrogens (tertiary/aromatic N) is 1. The average molecular weight is 335 g/mol. The summed E-state index contributed by atoms with van der Waals surface area (Å²) in [6.45, 7) is 5.38. The topological polar surface area (TPSA) is 46.6 Å². The molecule has 2 rings (SSSR count). The van der Waals surface area contributed by atoms with Crippen LogP contribution in [0.15, 0.2) is 60.0 Å². The van der Waals surface area contributed by atoms with Gasteiger partial charge in [0.2, 0.25) is 0 Å². The van der Waals surface area contributed by atoms with Gasteiger partial charge in [-0.1, -0.05) is 12.1 Å². The second-order valence-corrected chi connectivity index (χ2v) is 6.80. The van der Waals surface area contributed by atoms with Gasteiger partial charge < -0.3 is 4.74 Å². The molecule has 122 valence electrons. The molecule has 4 nitrogen and oxygen atoms in total. The fourth-order valence-electron chi connectivity index (χ4n) is 2.23. The molecule has 23 heavy (non-hydrogen) atoms. The Balaban J connectivity index is 2.53. The molecule has 0 saturated carbocycles. The van der Waals surface area contributed by atoms with E-state index in [0.717, 1.165) is 4.31 Å². The minimum absolute atomic E-state index is 0.0386. The molecule has 0 aliphatic heterocycles. The molecular weight excluding hydrogens is 317 g/mol. The van der Waals surface area contributed by atoms with Crippen LogP contribution in [-0.2, 0) is 10.0 Å². The summed E-state index contributed by atoms with van der Waals surface area (Å²) in [5, 5.41) is 0. The summed E-state index contributed by atoms with van der Waals surface area (Å²) in [4.78, 5) is 0.113. The predicted molar refractivity (Wildman–Crippen MR) is 88.9 cm³/mol. The summed E-state index contributed by atoms with van der Waals surface area (Å²) < 4.78 is 45.5. The van der Waals surface area contributed by atoms with Crippen molar-refractivity contribution in [2.24, 2.45) is 0 Å². The molecule has 0 aliphatic carbocycles. The summed E-state index contributed by atoms with van der Waals surface area (Å²) in [7, 11) is -2.32. The van der Waals surface area contributed by atoms with Crippen molar-refractivity contribution in [3.8, 4) is 5.75 Å². The Morgan fingerprint density at radius 2 is 2.00 bits per heavy atom. The normalized spacial score (nSPS) is 11.1. The van der Waals surface area contributed by atoms with Crippen molar-refractivity contribution < 1.29 is 17.5 Å². The van der Waals surface area contributed by atoms with E-state index in [2.05, 4.69) is 6.58 Å². The second-order valence-electron chi connectivity index (χ2n) is 4.94. The molecule has 0 fully saturated rings. The maximum absolute atomic E-state index is 13.5. The third kappa shape index (κ3) is 3.53. The average Bonchev–Trinajstić information content (AvgIpc) is 2.52. The van der Waals surface area contributed by atoms with E-state index in [1.165, 1.54) is 43.5 Å². The summed E-state index contributed by atoms with van der Waals surface area (Å²) >= 11 is 0. The lowest BCUT2D eigenvalue weighted by Gasteiger charge is -2.23. The van der Waals surface area contributed by atoms with Crippen molar-refractivity contribution in [2.45, 2.75) is 11.8 Å². The molecule has 6 heteroatoms. The molecule has 0 aliphatic rings. The third-order valence-corrected chi connectivity index (χ3v) is 5.14. The van der Waals surface area contributed by atoms with Gasteiger partial charge in [-0.15, -0.1) is 6.58 Å². The molecule has 0 N–H and O–H groups in total. The molecular formula is C17H18FNO3S. The fraction of sp³-hybridized carbons (Fsp3) is 0.176. The number of methoxy groups -OCH3 is 1. The third-order valence-electron chi connectivity index (χ3n) is 3.35. The number of halogens is 1. The van der Waals surface area contributed by atoms with E-state index in [9.17, 15) is 12.8 Å². The van der Waals surface area contributed by atoms with Crippen LogP contribution in [0.3, 0.4) is 0 Å². The minimum Gasteiger partial charge on any atom is -0.496 e. The lowest BCUT2D eigenvalue weighted by Crippen LogP contribution is -2.31. The lowest BCUT2D eigenvalue weighted by atomic mass is 10.2. The molecule has 0 radical (unpaired) electrons. The van der Waals surface area contributed by atoms with Crippen molar-refractivity contribution >= 4 is 15.7 Å². The number of aryl methyl sites for hydroxylation is 1. The monoisotopic (exact) mass is 335 g/mol. The van der Waals surface area contributed by atoms with Gasteiger partial charge in [0.15, 0.2) is 0 Å². The zero-order chi connectivity index (χ0) is 17.0. The standard InChI is InChI=1S/C17H18FNO3S/c1-4-10-19(15-7-5-6-14(18)12-15)23(20,21)16-8-9-17(22-3)13(2)11-16/h4-9,11-12H,1,10H2,2-3H3.